The van der Waals surface area contributed by atoms with Crippen molar-refractivity contribution in [2.75, 3.05) is 12.0 Å². The summed E-state index contributed by atoms with van der Waals surface area (Å²) in [6, 6.07) is 3.81. The van der Waals surface area contributed by atoms with Gasteiger partial charge in [-0.15, -0.1) is 0 Å². The Bertz CT molecular complexity index is 601. The smallest absolute Gasteiger partial charge is 0.237 e. The third-order valence-corrected chi connectivity index (χ3v) is 3.54. The average Bonchev–Trinajstić information content (AvgIpc) is 2.83. The van der Waals surface area contributed by atoms with Gasteiger partial charge in [0.1, 0.15) is 11.6 Å². The van der Waals surface area contributed by atoms with E-state index in [1.165, 1.54) is 12.1 Å². The summed E-state index contributed by atoms with van der Waals surface area (Å²) in [6.07, 6.45) is 2.61. The van der Waals surface area contributed by atoms with Crippen molar-refractivity contribution in [2.45, 2.75) is 19.0 Å². The van der Waals surface area contributed by atoms with Crippen LogP contribution in [0.25, 0.3) is 11.0 Å². The van der Waals surface area contributed by atoms with E-state index in [4.69, 9.17) is 5.73 Å². The Hall–Kier alpha value is -1.60. The Morgan fingerprint density at radius 2 is 2.40 bits per heavy atom. The second-order valence-electron chi connectivity index (χ2n) is 4.45. The minimum atomic E-state index is -0.510. The molecule has 0 unspecified atom stereocenters. The summed E-state index contributed by atoms with van der Waals surface area (Å²) in [7, 11) is 0. The first kappa shape index (κ1) is 14.8. The predicted octanol–water partition coefficient (Wildman–Crippen LogP) is 1.40. The standard InChI is InChI=1S/C13H17FN4OS/c1-20-5-4-9(15)13(19)16-7-12-17-10-3-2-8(14)6-11(10)18-12/h2-3,6,9H,4-5,7,15H2,1H3,(H,16,19)(H,17,18)/t9-/m0/s1. The predicted molar refractivity (Wildman–Crippen MR) is 78.9 cm³/mol. The zero-order valence-electron chi connectivity index (χ0n) is 11.1. The summed E-state index contributed by atoms with van der Waals surface area (Å²) in [5.74, 6) is 0.899. The van der Waals surface area contributed by atoms with Crippen LogP contribution in [0, 0.1) is 5.82 Å². The van der Waals surface area contributed by atoms with Gasteiger partial charge in [0, 0.05) is 0 Å². The average molecular weight is 296 g/mol. The molecule has 5 nitrogen and oxygen atoms in total. The van der Waals surface area contributed by atoms with Crippen LogP contribution in [-0.4, -0.2) is 33.9 Å². The number of nitrogens with one attached hydrogen (secondary N) is 2. The second-order valence-corrected chi connectivity index (χ2v) is 5.44. The van der Waals surface area contributed by atoms with E-state index < -0.39 is 6.04 Å². The van der Waals surface area contributed by atoms with E-state index in [-0.39, 0.29) is 18.3 Å². The highest BCUT2D eigenvalue weighted by atomic mass is 32.2. The van der Waals surface area contributed by atoms with E-state index in [0.717, 1.165) is 5.75 Å². The molecule has 0 saturated carbocycles. The van der Waals surface area contributed by atoms with Gasteiger partial charge in [-0.1, -0.05) is 0 Å². The summed E-state index contributed by atoms with van der Waals surface area (Å²) >= 11 is 1.65. The molecule has 0 bridgehead atoms. The minimum Gasteiger partial charge on any atom is -0.348 e. The van der Waals surface area contributed by atoms with Crippen molar-refractivity contribution < 1.29 is 9.18 Å². The number of fused-ring (bicyclic) bond motifs is 1. The fraction of sp³-hybridized carbons (Fsp3) is 0.385. The number of rotatable bonds is 6. The van der Waals surface area contributed by atoms with Crippen LogP contribution in [0.2, 0.25) is 0 Å². The number of hydrogen-bond donors (Lipinski definition) is 3. The van der Waals surface area contributed by atoms with Crippen molar-refractivity contribution in [3.05, 3.63) is 29.8 Å². The van der Waals surface area contributed by atoms with E-state index in [1.54, 1.807) is 17.8 Å². The highest BCUT2D eigenvalue weighted by molar-refractivity contribution is 7.98. The lowest BCUT2D eigenvalue weighted by Crippen LogP contribution is -2.40. The first-order valence-electron chi connectivity index (χ1n) is 6.26. The maximum atomic E-state index is 13.0. The number of aromatic amines is 1. The largest absolute Gasteiger partial charge is 0.348 e. The van der Waals surface area contributed by atoms with E-state index in [0.29, 0.717) is 23.3 Å². The van der Waals surface area contributed by atoms with Crippen LogP contribution in [0.3, 0.4) is 0 Å². The van der Waals surface area contributed by atoms with Gasteiger partial charge in [-0.25, -0.2) is 9.37 Å². The Morgan fingerprint density at radius 3 is 3.15 bits per heavy atom. The lowest BCUT2D eigenvalue weighted by Gasteiger charge is -2.10. The Balaban J connectivity index is 1.93. The van der Waals surface area contributed by atoms with Gasteiger partial charge in [0.2, 0.25) is 5.91 Å². The molecule has 2 rings (SSSR count). The number of H-pyrrole nitrogens is 1. The van der Waals surface area contributed by atoms with E-state index in [9.17, 15) is 9.18 Å². The molecule has 0 saturated heterocycles. The summed E-state index contributed by atoms with van der Waals surface area (Å²) in [5, 5.41) is 2.72. The molecule has 1 heterocycles. The summed E-state index contributed by atoms with van der Waals surface area (Å²) in [4.78, 5) is 19.0. The number of thioether (sulfide) groups is 1. The Labute approximate surface area is 120 Å². The summed E-state index contributed by atoms with van der Waals surface area (Å²) in [5.41, 5.74) is 7.04. The molecule has 1 aromatic carbocycles. The van der Waals surface area contributed by atoms with E-state index in [2.05, 4.69) is 15.3 Å². The SMILES string of the molecule is CSCC[C@H](N)C(=O)NCc1nc2ccc(F)cc2[nH]1. The van der Waals surface area contributed by atoms with Crippen LogP contribution in [0.15, 0.2) is 18.2 Å². The topological polar surface area (TPSA) is 83.8 Å². The van der Waals surface area contributed by atoms with Gasteiger partial charge in [0.25, 0.3) is 0 Å². The molecule has 1 amide bonds. The second kappa shape index (κ2) is 6.71. The number of halogens is 1. The highest BCUT2D eigenvalue weighted by Crippen LogP contribution is 2.12. The molecule has 0 aliphatic heterocycles. The van der Waals surface area contributed by atoms with Crippen molar-refractivity contribution in [3.8, 4) is 0 Å². The Kier molecular flexibility index (Phi) is 4.97. The monoisotopic (exact) mass is 296 g/mol. The number of nitrogens with two attached hydrogens (primary N) is 1. The number of amides is 1. The maximum absolute atomic E-state index is 13.0. The van der Waals surface area contributed by atoms with Crippen LogP contribution >= 0.6 is 11.8 Å². The quantitative estimate of drug-likeness (QED) is 0.752. The number of nitrogens with zero attached hydrogens (tertiary/aromatic N) is 1. The summed E-state index contributed by atoms with van der Waals surface area (Å²) in [6.45, 7) is 0.252. The number of hydrogen-bond acceptors (Lipinski definition) is 4. The van der Waals surface area contributed by atoms with Crippen molar-refractivity contribution in [2.24, 2.45) is 5.73 Å². The molecule has 0 spiro atoms. The third-order valence-electron chi connectivity index (χ3n) is 2.89. The number of imidazole rings is 1. The third kappa shape index (κ3) is 3.71. The molecule has 1 atom stereocenters. The van der Waals surface area contributed by atoms with Crippen LogP contribution < -0.4 is 11.1 Å². The van der Waals surface area contributed by atoms with Gasteiger partial charge >= 0.3 is 0 Å². The van der Waals surface area contributed by atoms with Gasteiger partial charge in [-0.05, 0) is 36.6 Å². The van der Waals surface area contributed by atoms with Crippen LogP contribution in [0.4, 0.5) is 4.39 Å². The summed E-state index contributed by atoms with van der Waals surface area (Å²) < 4.78 is 13.0. The molecule has 7 heteroatoms. The lowest BCUT2D eigenvalue weighted by atomic mass is 10.2. The van der Waals surface area contributed by atoms with Crippen LogP contribution in [-0.2, 0) is 11.3 Å². The fourth-order valence-corrected chi connectivity index (χ4v) is 2.29. The molecule has 0 radical (unpaired) electrons. The van der Waals surface area contributed by atoms with Crippen LogP contribution in [0.1, 0.15) is 12.2 Å². The number of aromatic nitrogens is 2. The molecule has 0 aliphatic rings. The molecular formula is C13H17FN4OS. The van der Waals surface area contributed by atoms with Crippen molar-refractivity contribution in [1.82, 2.24) is 15.3 Å². The first-order valence-corrected chi connectivity index (χ1v) is 7.66. The number of carbonyl (C=O) groups is 1. The van der Waals surface area contributed by atoms with Gasteiger partial charge < -0.3 is 16.0 Å². The molecule has 108 valence electrons. The lowest BCUT2D eigenvalue weighted by molar-refractivity contribution is -0.122. The maximum Gasteiger partial charge on any atom is 0.237 e. The number of benzene rings is 1. The van der Waals surface area contributed by atoms with Crippen molar-refractivity contribution in [1.29, 1.82) is 0 Å². The van der Waals surface area contributed by atoms with Gasteiger partial charge in [-0.3, -0.25) is 4.79 Å². The molecule has 0 aliphatic carbocycles. The van der Waals surface area contributed by atoms with Crippen molar-refractivity contribution >= 4 is 28.7 Å². The Morgan fingerprint density at radius 1 is 1.60 bits per heavy atom. The molecule has 2 aromatic rings. The van der Waals surface area contributed by atoms with E-state index >= 15 is 0 Å². The molecular weight excluding hydrogens is 279 g/mol. The normalized spacial score (nSPS) is 12.6. The molecule has 1 aromatic heterocycles. The first-order chi connectivity index (χ1) is 9.60. The molecule has 4 N–H and O–H groups in total. The number of carbonyl (C=O) groups excluding carboxylic acids is 1. The highest BCUT2D eigenvalue weighted by Gasteiger charge is 2.13. The van der Waals surface area contributed by atoms with Gasteiger partial charge in [0.15, 0.2) is 0 Å². The minimum absolute atomic E-state index is 0.203. The zero-order chi connectivity index (χ0) is 14.5. The molecule has 0 fully saturated rings. The molecule has 20 heavy (non-hydrogen) atoms. The van der Waals surface area contributed by atoms with Crippen molar-refractivity contribution in [3.63, 3.8) is 0 Å². The zero-order valence-corrected chi connectivity index (χ0v) is 12.0. The van der Waals surface area contributed by atoms with Gasteiger partial charge in [-0.2, -0.15) is 11.8 Å². The van der Waals surface area contributed by atoms with E-state index in [1.807, 2.05) is 6.26 Å². The van der Waals surface area contributed by atoms with Crippen LogP contribution in [0.5, 0.6) is 0 Å². The van der Waals surface area contributed by atoms with Gasteiger partial charge in [0.05, 0.1) is 23.6 Å². The fourth-order valence-electron chi connectivity index (χ4n) is 1.80.